The first kappa shape index (κ1) is 12.7. The third kappa shape index (κ3) is 2.14. The van der Waals surface area contributed by atoms with Crippen molar-refractivity contribution in [3.8, 4) is 0 Å². The predicted molar refractivity (Wildman–Crippen MR) is 78.6 cm³/mol. The van der Waals surface area contributed by atoms with Crippen LogP contribution in [-0.4, -0.2) is 19.7 Å². The molecule has 0 fully saturated rings. The number of ether oxygens (including phenoxy) is 1. The molecule has 0 saturated heterocycles. The van der Waals surface area contributed by atoms with Crippen LogP contribution in [0.25, 0.3) is 0 Å². The first-order chi connectivity index (χ1) is 9.81. The highest BCUT2D eigenvalue weighted by Crippen LogP contribution is 2.36. The minimum absolute atomic E-state index is 0.00301. The highest BCUT2D eigenvalue weighted by Gasteiger charge is 2.32. The molecule has 2 aromatic rings. The summed E-state index contributed by atoms with van der Waals surface area (Å²) in [6, 6.07) is 17.1. The molecule has 1 aliphatic heterocycles. The lowest BCUT2D eigenvalue weighted by molar-refractivity contribution is -0.120. The van der Waals surface area contributed by atoms with Gasteiger partial charge in [0.05, 0.1) is 11.4 Å². The normalized spacial score (nSPS) is 17.6. The van der Waals surface area contributed by atoms with E-state index < -0.39 is 0 Å². The number of carbonyl (C=O) groups is 1. The zero-order valence-electron chi connectivity index (χ0n) is 11.2. The van der Waals surface area contributed by atoms with Gasteiger partial charge in [-0.2, -0.15) is 0 Å². The van der Waals surface area contributed by atoms with Crippen LogP contribution in [0.5, 0.6) is 0 Å². The van der Waals surface area contributed by atoms with Crippen molar-refractivity contribution in [3.63, 3.8) is 0 Å². The zero-order valence-corrected chi connectivity index (χ0v) is 11.2. The average molecular weight is 268 g/mol. The van der Waals surface area contributed by atoms with E-state index in [2.05, 4.69) is 5.32 Å². The second kappa shape index (κ2) is 5.35. The third-order valence-electron chi connectivity index (χ3n) is 3.40. The van der Waals surface area contributed by atoms with Crippen molar-refractivity contribution in [2.75, 3.05) is 24.1 Å². The fourth-order valence-corrected chi connectivity index (χ4v) is 2.46. The van der Waals surface area contributed by atoms with Gasteiger partial charge in [0.15, 0.2) is 0 Å². The summed E-state index contributed by atoms with van der Waals surface area (Å²) in [5, 5.41) is 3.30. The Balaban J connectivity index is 2.02. The van der Waals surface area contributed by atoms with E-state index in [4.69, 9.17) is 4.74 Å². The van der Waals surface area contributed by atoms with E-state index in [1.165, 1.54) is 0 Å². The number of anilines is 2. The molecule has 0 bridgehead atoms. The highest BCUT2D eigenvalue weighted by atomic mass is 16.5. The van der Waals surface area contributed by atoms with Gasteiger partial charge in [-0.05, 0) is 17.7 Å². The van der Waals surface area contributed by atoms with Crippen LogP contribution in [0, 0.1) is 0 Å². The second-order valence-corrected chi connectivity index (χ2v) is 4.69. The van der Waals surface area contributed by atoms with Crippen LogP contribution in [0.3, 0.4) is 0 Å². The quantitative estimate of drug-likeness (QED) is 0.930. The van der Waals surface area contributed by atoms with Crippen molar-refractivity contribution in [2.45, 2.75) is 6.04 Å². The maximum atomic E-state index is 12.7. The van der Waals surface area contributed by atoms with Crippen molar-refractivity contribution in [3.05, 3.63) is 60.2 Å². The third-order valence-corrected chi connectivity index (χ3v) is 3.40. The summed E-state index contributed by atoms with van der Waals surface area (Å²) in [4.78, 5) is 14.3. The van der Waals surface area contributed by atoms with Gasteiger partial charge in [-0.15, -0.1) is 0 Å². The highest BCUT2D eigenvalue weighted by molar-refractivity contribution is 6.05. The van der Waals surface area contributed by atoms with Crippen LogP contribution < -0.4 is 10.2 Å². The Labute approximate surface area is 118 Å². The fraction of sp³-hybridized carbons (Fsp3) is 0.188. The standard InChI is InChI=1S/C16H16N2O2/c1-20-11-18-14-10-6-5-9-13(14)17-15(16(18)19)12-7-3-2-4-8-12/h2-10,15,17H,11H2,1H3. The van der Waals surface area contributed by atoms with Gasteiger partial charge in [0.2, 0.25) is 0 Å². The van der Waals surface area contributed by atoms with E-state index >= 15 is 0 Å². The van der Waals surface area contributed by atoms with Gasteiger partial charge in [0, 0.05) is 7.11 Å². The lowest BCUT2D eigenvalue weighted by Gasteiger charge is -2.35. The summed E-state index contributed by atoms with van der Waals surface area (Å²) in [5.41, 5.74) is 2.75. The van der Waals surface area contributed by atoms with E-state index in [0.29, 0.717) is 0 Å². The number of amides is 1. The average Bonchev–Trinajstić information content (AvgIpc) is 2.51. The molecule has 102 valence electrons. The Morgan fingerprint density at radius 2 is 1.80 bits per heavy atom. The number of nitrogens with one attached hydrogen (secondary N) is 1. The largest absolute Gasteiger partial charge is 0.368 e. The molecule has 4 nitrogen and oxygen atoms in total. The summed E-state index contributed by atoms with van der Waals surface area (Å²) in [6.45, 7) is 0.251. The molecular weight excluding hydrogens is 252 g/mol. The number of hydrogen-bond acceptors (Lipinski definition) is 3. The number of fused-ring (bicyclic) bond motifs is 1. The molecule has 0 saturated carbocycles. The molecule has 0 spiro atoms. The Morgan fingerprint density at radius 1 is 1.10 bits per heavy atom. The Hall–Kier alpha value is -2.33. The number of rotatable bonds is 3. The molecule has 2 aromatic carbocycles. The number of nitrogens with zero attached hydrogens (tertiary/aromatic N) is 1. The van der Waals surface area contributed by atoms with Crippen molar-refractivity contribution in [2.24, 2.45) is 0 Å². The Bertz CT molecular complexity index is 613. The summed E-state index contributed by atoms with van der Waals surface area (Å²) in [7, 11) is 1.59. The van der Waals surface area contributed by atoms with Gasteiger partial charge in [-0.3, -0.25) is 9.69 Å². The lowest BCUT2D eigenvalue weighted by Crippen LogP contribution is -2.43. The smallest absolute Gasteiger partial charge is 0.256 e. The van der Waals surface area contributed by atoms with Crippen LogP contribution in [0.15, 0.2) is 54.6 Å². The molecular formula is C16H16N2O2. The summed E-state index contributed by atoms with van der Waals surface area (Å²) in [5.74, 6) is -0.00301. The van der Waals surface area contributed by atoms with Gasteiger partial charge in [-0.1, -0.05) is 42.5 Å². The fourth-order valence-electron chi connectivity index (χ4n) is 2.46. The van der Waals surface area contributed by atoms with Crippen molar-refractivity contribution >= 4 is 17.3 Å². The van der Waals surface area contributed by atoms with Gasteiger partial charge >= 0.3 is 0 Å². The van der Waals surface area contributed by atoms with Crippen molar-refractivity contribution in [1.82, 2.24) is 0 Å². The molecule has 4 heteroatoms. The van der Waals surface area contributed by atoms with Crippen LogP contribution >= 0.6 is 0 Å². The number of hydrogen-bond donors (Lipinski definition) is 1. The van der Waals surface area contributed by atoms with Gasteiger partial charge in [0.25, 0.3) is 5.91 Å². The molecule has 1 N–H and O–H groups in total. The van der Waals surface area contributed by atoms with Crippen LogP contribution in [0.2, 0.25) is 0 Å². The van der Waals surface area contributed by atoms with E-state index in [1.807, 2.05) is 54.6 Å². The number of benzene rings is 2. The van der Waals surface area contributed by atoms with Gasteiger partial charge in [0.1, 0.15) is 12.8 Å². The topological polar surface area (TPSA) is 41.6 Å². The lowest BCUT2D eigenvalue weighted by atomic mass is 10.0. The zero-order chi connectivity index (χ0) is 13.9. The number of carbonyl (C=O) groups excluding carboxylic acids is 1. The summed E-state index contributed by atoms with van der Waals surface area (Å²) < 4.78 is 5.17. The molecule has 1 aliphatic rings. The van der Waals surface area contributed by atoms with Crippen molar-refractivity contribution < 1.29 is 9.53 Å². The monoisotopic (exact) mass is 268 g/mol. The molecule has 1 heterocycles. The Morgan fingerprint density at radius 3 is 2.55 bits per heavy atom. The first-order valence-corrected chi connectivity index (χ1v) is 6.52. The van der Waals surface area contributed by atoms with E-state index in [9.17, 15) is 4.79 Å². The molecule has 0 radical (unpaired) electrons. The SMILES string of the molecule is COCN1C(=O)C(c2ccccc2)Nc2ccccc21. The first-order valence-electron chi connectivity index (χ1n) is 6.52. The van der Waals surface area contributed by atoms with Crippen LogP contribution in [-0.2, 0) is 9.53 Å². The number of methoxy groups -OCH3 is 1. The molecule has 0 aliphatic carbocycles. The van der Waals surface area contributed by atoms with E-state index in [0.717, 1.165) is 16.9 Å². The molecule has 0 aromatic heterocycles. The molecule has 1 amide bonds. The van der Waals surface area contributed by atoms with Gasteiger partial charge < -0.3 is 10.1 Å². The van der Waals surface area contributed by atoms with Crippen LogP contribution in [0.4, 0.5) is 11.4 Å². The van der Waals surface area contributed by atoms with E-state index in [1.54, 1.807) is 12.0 Å². The maximum Gasteiger partial charge on any atom is 0.256 e. The maximum absolute atomic E-state index is 12.7. The second-order valence-electron chi connectivity index (χ2n) is 4.69. The summed E-state index contributed by atoms with van der Waals surface area (Å²) in [6.07, 6.45) is 0. The van der Waals surface area contributed by atoms with E-state index in [-0.39, 0.29) is 18.7 Å². The van der Waals surface area contributed by atoms with Gasteiger partial charge in [-0.25, -0.2) is 0 Å². The molecule has 20 heavy (non-hydrogen) atoms. The number of para-hydroxylation sites is 2. The molecule has 3 rings (SSSR count). The molecule has 1 unspecified atom stereocenters. The molecule has 1 atom stereocenters. The Kier molecular flexibility index (Phi) is 3.39. The summed E-state index contributed by atoms with van der Waals surface area (Å²) >= 11 is 0. The van der Waals surface area contributed by atoms with Crippen molar-refractivity contribution in [1.29, 1.82) is 0 Å². The predicted octanol–water partition coefficient (Wildman–Crippen LogP) is 2.79. The minimum atomic E-state index is -0.374. The van der Waals surface area contributed by atoms with Crippen LogP contribution in [0.1, 0.15) is 11.6 Å². The minimum Gasteiger partial charge on any atom is -0.368 e.